The van der Waals surface area contributed by atoms with Crippen LogP contribution in [0.5, 0.6) is 11.6 Å². The van der Waals surface area contributed by atoms with Crippen molar-refractivity contribution in [3.05, 3.63) is 59.8 Å². The average molecular weight is 488 g/mol. The molecule has 3 N–H and O–H groups in total. The first kappa shape index (κ1) is 21.5. The number of halogens is 4. The number of anilines is 1. The van der Waals surface area contributed by atoms with Gasteiger partial charge >= 0.3 is 5.69 Å². The molecule has 0 aliphatic heterocycles. The van der Waals surface area contributed by atoms with Crippen molar-refractivity contribution in [1.29, 1.82) is 0 Å². The molecular formula is C18H14Cl3FN6O3. The van der Waals surface area contributed by atoms with Crippen molar-refractivity contribution >= 4 is 40.6 Å². The van der Waals surface area contributed by atoms with Crippen LogP contribution in [0.1, 0.15) is 31.2 Å². The van der Waals surface area contributed by atoms with E-state index >= 15 is 4.39 Å². The van der Waals surface area contributed by atoms with Crippen molar-refractivity contribution in [2.24, 2.45) is 0 Å². The Morgan fingerprint density at radius 1 is 1.10 bits per heavy atom. The lowest BCUT2D eigenvalue weighted by Crippen LogP contribution is -2.33. The van der Waals surface area contributed by atoms with Crippen LogP contribution in [0.2, 0.25) is 15.2 Å². The Bertz CT molecular complexity index is 1270. The lowest BCUT2D eigenvalue weighted by molar-refractivity contribution is 0.173. The van der Waals surface area contributed by atoms with Crippen molar-refractivity contribution in [3.63, 3.8) is 0 Å². The zero-order chi connectivity index (χ0) is 22.3. The fourth-order valence-electron chi connectivity index (χ4n) is 3.39. The maximum absolute atomic E-state index is 15.2. The quantitative estimate of drug-likeness (QED) is 0.573. The minimum atomic E-state index is -1.60. The molecule has 0 spiro atoms. The summed E-state index contributed by atoms with van der Waals surface area (Å²) in [6, 6.07) is 4.02. The molecular weight excluding hydrogens is 474 g/mol. The molecule has 1 saturated carbocycles. The Morgan fingerprint density at radius 2 is 1.74 bits per heavy atom. The third kappa shape index (κ3) is 4.10. The number of hydrogen-bond acceptors (Lipinski definition) is 7. The fraction of sp³-hybridized carbons (Fsp3) is 0.278. The molecule has 0 unspecified atom stereocenters. The number of hydrogen-bond donors (Lipinski definition) is 2. The van der Waals surface area contributed by atoms with Crippen LogP contribution >= 0.6 is 34.8 Å². The van der Waals surface area contributed by atoms with Crippen LogP contribution in [0.3, 0.4) is 0 Å². The lowest BCUT2D eigenvalue weighted by atomic mass is 9.96. The van der Waals surface area contributed by atoms with Gasteiger partial charge in [-0.15, -0.1) is 15.3 Å². The number of H-pyrrole nitrogens is 1. The zero-order valence-corrected chi connectivity index (χ0v) is 17.9. The van der Waals surface area contributed by atoms with E-state index in [1.54, 1.807) is 0 Å². The summed E-state index contributed by atoms with van der Waals surface area (Å²) in [4.78, 5) is 25.5. The number of ether oxygens (including phenoxy) is 1. The number of aromatic nitrogens is 5. The van der Waals surface area contributed by atoms with Gasteiger partial charge in [-0.05, 0) is 37.8 Å². The highest BCUT2D eigenvalue weighted by atomic mass is 35.5. The molecule has 0 radical (unpaired) electrons. The van der Waals surface area contributed by atoms with E-state index in [1.807, 2.05) is 4.98 Å². The molecule has 4 rings (SSSR count). The second kappa shape index (κ2) is 8.10. The summed E-state index contributed by atoms with van der Waals surface area (Å²) in [6.45, 7) is 0. The first-order chi connectivity index (χ1) is 14.7. The zero-order valence-electron chi connectivity index (χ0n) is 15.7. The van der Waals surface area contributed by atoms with E-state index < -0.39 is 22.7 Å². The van der Waals surface area contributed by atoms with Gasteiger partial charge in [0.15, 0.2) is 10.9 Å². The van der Waals surface area contributed by atoms with Gasteiger partial charge in [-0.1, -0.05) is 34.8 Å². The molecule has 1 aliphatic carbocycles. The summed E-state index contributed by atoms with van der Waals surface area (Å²) in [5.74, 6) is -0.467. The molecule has 0 atom stereocenters. The van der Waals surface area contributed by atoms with Gasteiger partial charge in [-0.3, -0.25) is 9.78 Å². The van der Waals surface area contributed by atoms with Gasteiger partial charge in [0.05, 0.1) is 15.7 Å². The Hall–Kier alpha value is -2.69. The van der Waals surface area contributed by atoms with E-state index in [9.17, 15) is 9.59 Å². The van der Waals surface area contributed by atoms with Crippen molar-refractivity contribution in [2.75, 3.05) is 5.73 Å². The van der Waals surface area contributed by atoms with Crippen LogP contribution in [-0.4, -0.2) is 25.0 Å². The number of nitrogens with zero attached hydrogens (tertiary/aromatic N) is 4. The summed E-state index contributed by atoms with van der Waals surface area (Å²) in [5.41, 5.74) is 2.54. The maximum atomic E-state index is 15.2. The summed E-state index contributed by atoms with van der Waals surface area (Å²) in [7, 11) is 0. The van der Waals surface area contributed by atoms with E-state index in [1.165, 1.54) is 18.2 Å². The summed E-state index contributed by atoms with van der Waals surface area (Å²) >= 11 is 18.6. The molecule has 9 nitrogen and oxygen atoms in total. The molecule has 0 saturated heterocycles. The van der Waals surface area contributed by atoms with Crippen molar-refractivity contribution in [3.8, 4) is 17.3 Å². The van der Waals surface area contributed by atoms with Gasteiger partial charge < -0.3 is 10.5 Å². The Morgan fingerprint density at radius 3 is 2.39 bits per heavy atom. The topological polar surface area (TPSA) is 129 Å². The van der Waals surface area contributed by atoms with Gasteiger partial charge in [0, 0.05) is 11.6 Å². The van der Waals surface area contributed by atoms with Crippen LogP contribution in [0.15, 0.2) is 27.8 Å². The van der Waals surface area contributed by atoms with E-state index in [4.69, 9.17) is 45.3 Å². The van der Waals surface area contributed by atoms with Crippen LogP contribution in [-0.2, 0) is 5.67 Å². The normalized spacial score (nSPS) is 15.2. The number of nitrogens with two attached hydrogens (primary N) is 1. The van der Waals surface area contributed by atoms with Crippen LogP contribution in [0.4, 0.5) is 10.2 Å². The van der Waals surface area contributed by atoms with Gasteiger partial charge in [0.2, 0.25) is 11.7 Å². The molecule has 0 bridgehead atoms. The number of benzene rings is 1. The average Bonchev–Trinajstić information content (AvgIpc) is 3.16. The third-order valence-electron chi connectivity index (χ3n) is 4.89. The third-order valence-corrected chi connectivity index (χ3v) is 5.73. The molecule has 3 aromatic rings. The van der Waals surface area contributed by atoms with Gasteiger partial charge in [-0.25, -0.2) is 9.18 Å². The number of rotatable bonds is 4. The smallest absolute Gasteiger partial charge is 0.349 e. The van der Waals surface area contributed by atoms with Crippen molar-refractivity contribution in [1.82, 2.24) is 25.0 Å². The van der Waals surface area contributed by atoms with E-state index in [2.05, 4.69) is 15.3 Å². The number of nitrogen functional groups attached to an aromatic ring is 1. The predicted octanol–water partition coefficient (Wildman–Crippen LogP) is 3.78. The van der Waals surface area contributed by atoms with Crippen molar-refractivity contribution < 1.29 is 9.13 Å². The van der Waals surface area contributed by atoms with Gasteiger partial charge in [-0.2, -0.15) is 4.68 Å². The second-order valence-electron chi connectivity index (χ2n) is 6.96. The lowest BCUT2D eigenvalue weighted by Gasteiger charge is -2.20. The van der Waals surface area contributed by atoms with Gasteiger partial charge in [0.25, 0.3) is 5.56 Å². The summed E-state index contributed by atoms with van der Waals surface area (Å²) in [6.07, 6.45) is 2.15. The molecule has 1 aliphatic rings. The maximum Gasteiger partial charge on any atom is 0.349 e. The van der Waals surface area contributed by atoms with E-state index in [0.29, 0.717) is 12.8 Å². The number of aromatic amines is 1. The Labute approximate surface area is 188 Å². The number of nitrogens with one attached hydrogen (secondary N) is 1. The molecule has 1 fully saturated rings. The first-order valence-corrected chi connectivity index (χ1v) is 10.2. The summed E-state index contributed by atoms with van der Waals surface area (Å²) < 4.78 is 21.7. The number of alkyl halides is 1. The predicted molar refractivity (Wildman–Crippen MR) is 113 cm³/mol. The molecule has 162 valence electrons. The minimum absolute atomic E-state index is 0.000526. The largest absolute Gasteiger partial charge is 0.434 e. The molecule has 0 amide bonds. The molecule has 2 aromatic heterocycles. The highest BCUT2D eigenvalue weighted by Gasteiger charge is 2.38. The van der Waals surface area contributed by atoms with Crippen molar-refractivity contribution in [2.45, 2.75) is 31.4 Å². The highest BCUT2D eigenvalue weighted by Crippen LogP contribution is 2.46. The summed E-state index contributed by atoms with van der Waals surface area (Å²) in [5, 5.41) is 11.3. The van der Waals surface area contributed by atoms with Crippen LogP contribution in [0, 0.1) is 0 Å². The molecule has 31 heavy (non-hydrogen) atoms. The Balaban J connectivity index is 1.70. The first-order valence-electron chi connectivity index (χ1n) is 9.07. The highest BCUT2D eigenvalue weighted by molar-refractivity contribution is 6.37. The van der Waals surface area contributed by atoms with Gasteiger partial charge in [0.1, 0.15) is 5.67 Å². The molecule has 13 heteroatoms. The fourth-order valence-corrected chi connectivity index (χ4v) is 4.20. The Kier molecular flexibility index (Phi) is 5.63. The van der Waals surface area contributed by atoms with E-state index in [0.717, 1.165) is 17.5 Å². The second-order valence-corrected chi connectivity index (χ2v) is 8.13. The SMILES string of the molecule is Nc1nn(-c2cc(Cl)c(Oc3cc(C4(F)CCCC4)c(Cl)nn3)c(Cl)c2)c(=O)[nH]c1=O. The van der Waals surface area contributed by atoms with E-state index in [-0.39, 0.29) is 38.1 Å². The minimum Gasteiger partial charge on any atom is -0.434 e. The standard InChI is InChI=1S/C18H14Cl3FN6O3/c19-10-5-8(28-17(30)24-16(29)15(23)27-28)6-11(20)13(10)31-12-7-9(14(21)26-25-12)18(22)3-1-2-4-18/h5-7H,1-4H2,(H2,23,27)(H,24,29,30). The monoisotopic (exact) mass is 486 g/mol. The molecule has 1 aromatic carbocycles. The van der Waals surface area contributed by atoms with Crippen LogP contribution in [0.25, 0.3) is 5.69 Å². The molecule has 2 heterocycles. The van der Waals surface area contributed by atoms with Crippen LogP contribution < -0.4 is 21.7 Å².